The summed E-state index contributed by atoms with van der Waals surface area (Å²) in [6.45, 7) is 0. The van der Waals surface area contributed by atoms with Gasteiger partial charge in [0.25, 0.3) is 0 Å². The number of thiophene rings is 1. The van der Waals surface area contributed by atoms with E-state index >= 15 is 0 Å². The minimum Gasteiger partial charge on any atom is -0.456 e. The van der Waals surface area contributed by atoms with Gasteiger partial charge in [-0.1, -0.05) is 103 Å². The van der Waals surface area contributed by atoms with E-state index in [0.29, 0.717) is 17.5 Å². The maximum Gasteiger partial charge on any atom is 0.164 e. The molecule has 0 unspecified atom stereocenters. The quantitative estimate of drug-likeness (QED) is 0.178. The molecule has 0 saturated carbocycles. The van der Waals surface area contributed by atoms with Crippen molar-refractivity contribution in [2.75, 3.05) is 0 Å². The lowest BCUT2D eigenvalue weighted by atomic mass is 9.93. The Kier molecular flexibility index (Phi) is 5.80. The number of rotatable bonds is 3. The number of hydrogen-bond donors (Lipinski definition) is 0. The molecule has 5 heteroatoms. The molecule has 232 valence electrons. The number of nitrogens with zero attached hydrogens (tertiary/aromatic N) is 3. The smallest absolute Gasteiger partial charge is 0.164 e. The van der Waals surface area contributed by atoms with Gasteiger partial charge in [-0.15, -0.1) is 11.3 Å². The molecule has 3 aromatic heterocycles. The lowest BCUT2D eigenvalue weighted by Crippen LogP contribution is -2.00. The van der Waals surface area contributed by atoms with Crippen LogP contribution in [0.15, 0.2) is 156 Å². The molecule has 3 heterocycles. The summed E-state index contributed by atoms with van der Waals surface area (Å²) in [6, 6.07) is 53.4. The van der Waals surface area contributed by atoms with Gasteiger partial charge in [0.05, 0.1) is 0 Å². The zero-order chi connectivity index (χ0) is 32.8. The Bertz CT molecular complexity index is 3140. The van der Waals surface area contributed by atoms with E-state index in [1.165, 1.54) is 52.5 Å². The first kappa shape index (κ1) is 27.5. The van der Waals surface area contributed by atoms with Crippen molar-refractivity contribution in [1.82, 2.24) is 15.0 Å². The standard InChI is InChI=1S/C45H25N3OS/c1-2-11-31-29(9-1)30-10-3-4-12-32(30)37-23-26(17-20-33(31)37)43-46-44(27-19-22-42-38(24-27)36-14-6-8-16-41(36)50-42)48-45(47-43)28-18-21-35-34-13-5-7-15-39(34)49-40(35)25-28/h1-25H. The first-order valence-corrected chi connectivity index (χ1v) is 17.5. The van der Waals surface area contributed by atoms with Crippen LogP contribution in [-0.4, -0.2) is 15.0 Å². The van der Waals surface area contributed by atoms with Crippen molar-refractivity contribution in [2.45, 2.75) is 0 Å². The first-order valence-electron chi connectivity index (χ1n) is 16.7. The van der Waals surface area contributed by atoms with Gasteiger partial charge in [0.15, 0.2) is 17.5 Å². The average Bonchev–Trinajstić information content (AvgIpc) is 3.75. The minimum atomic E-state index is 0.603. The fraction of sp³-hybridized carbons (Fsp3) is 0. The predicted octanol–water partition coefficient (Wildman–Crippen LogP) is 12.6. The van der Waals surface area contributed by atoms with E-state index in [1.54, 1.807) is 0 Å². The molecule has 0 saturated heterocycles. The van der Waals surface area contributed by atoms with E-state index in [1.807, 2.05) is 35.6 Å². The summed E-state index contributed by atoms with van der Waals surface area (Å²) >= 11 is 1.81. The molecular formula is C45H25N3OS. The zero-order valence-electron chi connectivity index (χ0n) is 26.6. The highest BCUT2D eigenvalue weighted by Gasteiger charge is 2.17. The molecule has 0 amide bonds. The van der Waals surface area contributed by atoms with Crippen LogP contribution in [-0.2, 0) is 0 Å². The van der Waals surface area contributed by atoms with Crippen LogP contribution in [0.1, 0.15) is 0 Å². The van der Waals surface area contributed by atoms with Crippen molar-refractivity contribution in [3.05, 3.63) is 152 Å². The molecule has 0 radical (unpaired) electrons. The molecule has 0 spiro atoms. The van der Waals surface area contributed by atoms with Crippen LogP contribution in [0.3, 0.4) is 0 Å². The van der Waals surface area contributed by atoms with Crippen LogP contribution in [0.2, 0.25) is 0 Å². The van der Waals surface area contributed by atoms with Gasteiger partial charge in [0, 0.05) is 47.6 Å². The van der Waals surface area contributed by atoms with Gasteiger partial charge in [-0.25, -0.2) is 15.0 Å². The number of para-hydroxylation sites is 1. The molecule has 0 fully saturated rings. The third kappa shape index (κ3) is 4.14. The summed E-state index contributed by atoms with van der Waals surface area (Å²) < 4.78 is 8.79. The van der Waals surface area contributed by atoms with Crippen LogP contribution in [0, 0.1) is 0 Å². The highest BCUT2D eigenvalue weighted by Crippen LogP contribution is 2.39. The molecule has 4 nitrogen and oxygen atoms in total. The maximum atomic E-state index is 6.28. The summed E-state index contributed by atoms with van der Waals surface area (Å²) in [6.07, 6.45) is 0. The van der Waals surface area contributed by atoms with Gasteiger partial charge in [-0.05, 0) is 80.8 Å². The first-order chi connectivity index (χ1) is 24.7. The summed E-state index contributed by atoms with van der Waals surface area (Å²) in [5.41, 5.74) is 4.44. The van der Waals surface area contributed by atoms with Crippen LogP contribution in [0.4, 0.5) is 0 Å². The molecular weight excluding hydrogens is 631 g/mol. The second-order valence-corrected chi connectivity index (χ2v) is 13.9. The number of benzene rings is 8. The summed E-state index contributed by atoms with van der Waals surface area (Å²) in [4.78, 5) is 15.4. The van der Waals surface area contributed by atoms with Crippen molar-refractivity contribution in [3.8, 4) is 34.2 Å². The molecule has 0 aliphatic heterocycles. The molecule has 0 N–H and O–H groups in total. The van der Waals surface area contributed by atoms with Crippen LogP contribution in [0.5, 0.6) is 0 Å². The Morgan fingerprint density at radius 3 is 1.44 bits per heavy atom. The largest absolute Gasteiger partial charge is 0.456 e. The van der Waals surface area contributed by atoms with Crippen molar-refractivity contribution in [2.24, 2.45) is 0 Å². The van der Waals surface area contributed by atoms with Crippen LogP contribution in [0.25, 0.3) is 109 Å². The van der Waals surface area contributed by atoms with Gasteiger partial charge >= 0.3 is 0 Å². The van der Waals surface area contributed by atoms with Gasteiger partial charge < -0.3 is 4.42 Å². The average molecular weight is 656 g/mol. The number of fused-ring (bicyclic) bond motifs is 12. The molecule has 0 aliphatic rings. The van der Waals surface area contributed by atoms with Crippen molar-refractivity contribution in [1.29, 1.82) is 0 Å². The van der Waals surface area contributed by atoms with E-state index in [0.717, 1.165) is 38.6 Å². The molecule has 50 heavy (non-hydrogen) atoms. The molecule has 0 atom stereocenters. The monoisotopic (exact) mass is 655 g/mol. The van der Waals surface area contributed by atoms with Gasteiger partial charge in [0.1, 0.15) is 11.2 Å². The lowest BCUT2D eigenvalue weighted by Gasteiger charge is -2.12. The number of furan rings is 1. The summed E-state index contributed by atoms with van der Waals surface area (Å²) in [7, 11) is 0. The van der Waals surface area contributed by atoms with E-state index in [9.17, 15) is 0 Å². The SMILES string of the molecule is c1ccc2c(c1)oc1cc(-c3nc(-c4ccc5sc6ccccc6c5c4)nc(-c4ccc5c6ccccc6c6ccccc6c5c4)n3)ccc12. The van der Waals surface area contributed by atoms with Crippen LogP contribution >= 0.6 is 11.3 Å². The van der Waals surface area contributed by atoms with E-state index in [2.05, 4.69) is 127 Å². The Morgan fingerprint density at radius 1 is 0.320 bits per heavy atom. The highest BCUT2D eigenvalue weighted by molar-refractivity contribution is 7.25. The lowest BCUT2D eigenvalue weighted by molar-refractivity contribution is 0.669. The Morgan fingerprint density at radius 2 is 0.760 bits per heavy atom. The topological polar surface area (TPSA) is 51.8 Å². The second-order valence-electron chi connectivity index (χ2n) is 12.8. The van der Waals surface area contributed by atoms with Crippen LogP contribution < -0.4 is 0 Å². The normalized spacial score (nSPS) is 12.0. The molecule has 8 aromatic carbocycles. The van der Waals surface area contributed by atoms with Crippen molar-refractivity contribution < 1.29 is 4.42 Å². The summed E-state index contributed by atoms with van der Waals surface area (Å²) in [5.74, 6) is 1.87. The fourth-order valence-electron chi connectivity index (χ4n) is 7.54. The maximum absolute atomic E-state index is 6.28. The Hall–Kier alpha value is -6.43. The Labute approximate surface area is 289 Å². The van der Waals surface area contributed by atoms with Gasteiger partial charge in [-0.2, -0.15) is 0 Å². The van der Waals surface area contributed by atoms with E-state index in [-0.39, 0.29) is 0 Å². The van der Waals surface area contributed by atoms with Gasteiger partial charge in [0.2, 0.25) is 0 Å². The third-order valence-electron chi connectivity index (χ3n) is 9.91. The fourth-order valence-corrected chi connectivity index (χ4v) is 8.63. The molecule has 0 bridgehead atoms. The third-order valence-corrected chi connectivity index (χ3v) is 11.1. The highest BCUT2D eigenvalue weighted by atomic mass is 32.1. The van der Waals surface area contributed by atoms with E-state index in [4.69, 9.17) is 19.4 Å². The minimum absolute atomic E-state index is 0.603. The molecule has 0 aliphatic carbocycles. The van der Waals surface area contributed by atoms with Gasteiger partial charge in [-0.3, -0.25) is 0 Å². The second kappa shape index (κ2) is 10.5. The Balaban J connectivity index is 1.16. The van der Waals surface area contributed by atoms with Crippen molar-refractivity contribution in [3.63, 3.8) is 0 Å². The number of aromatic nitrogens is 3. The molecule has 11 aromatic rings. The predicted molar refractivity (Wildman–Crippen MR) is 209 cm³/mol. The van der Waals surface area contributed by atoms with E-state index < -0.39 is 0 Å². The van der Waals surface area contributed by atoms with Crippen molar-refractivity contribution >= 4 is 85.8 Å². The summed E-state index contributed by atoms with van der Waals surface area (Å²) in [5, 5.41) is 11.9. The molecule has 11 rings (SSSR count). The zero-order valence-corrected chi connectivity index (χ0v) is 27.4. The number of hydrogen-bond acceptors (Lipinski definition) is 5.